The van der Waals surface area contributed by atoms with E-state index in [4.69, 9.17) is 14.3 Å². The molecular weight excluding hydrogens is 420 g/mol. The van der Waals surface area contributed by atoms with Crippen LogP contribution in [0.4, 0.5) is 11.4 Å². The minimum atomic E-state index is -0.945. The number of hydrogen-bond acceptors (Lipinski definition) is 6. The zero-order valence-corrected chi connectivity index (χ0v) is 18.6. The standard InChI is InChI=1S/C26H24N2O5/c1-16-8-7-11-18(14-16)27-25(29)22-23(20-15-19(31-2)12-13-21(20)32-3)28(33-24(22)26(27)30)17-9-5-4-6-10-17/h4-15,22-24H,1-3H3/t22-,23+,24-/m0/s1. The van der Waals surface area contributed by atoms with E-state index in [0.717, 1.165) is 11.3 Å². The van der Waals surface area contributed by atoms with Gasteiger partial charge in [0.2, 0.25) is 5.91 Å². The Hall–Kier alpha value is -3.84. The predicted molar refractivity (Wildman–Crippen MR) is 123 cm³/mol. The third kappa shape index (κ3) is 3.41. The van der Waals surface area contributed by atoms with E-state index in [2.05, 4.69) is 0 Å². The molecule has 2 saturated heterocycles. The van der Waals surface area contributed by atoms with E-state index >= 15 is 0 Å². The maximum atomic E-state index is 13.8. The molecule has 3 aromatic carbocycles. The summed E-state index contributed by atoms with van der Waals surface area (Å²) in [6, 6.07) is 21.6. The monoisotopic (exact) mass is 444 g/mol. The number of nitrogens with zero attached hydrogens (tertiary/aromatic N) is 2. The van der Waals surface area contributed by atoms with E-state index in [1.807, 2.05) is 61.5 Å². The molecule has 0 saturated carbocycles. The van der Waals surface area contributed by atoms with Crippen molar-refractivity contribution in [2.75, 3.05) is 24.2 Å². The van der Waals surface area contributed by atoms with Gasteiger partial charge in [-0.2, -0.15) is 0 Å². The van der Waals surface area contributed by atoms with E-state index in [1.165, 1.54) is 4.90 Å². The lowest BCUT2D eigenvalue weighted by atomic mass is 9.89. The second kappa shape index (κ2) is 8.26. The molecule has 2 amide bonds. The number of rotatable bonds is 5. The van der Waals surface area contributed by atoms with Gasteiger partial charge in [0.25, 0.3) is 5.91 Å². The van der Waals surface area contributed by atoms with Crippen LogP contribution in [0.5, 0.6) is 11.5 Å². The van der Waals surface area contributed by atoms with Gasteiger partial charge in [-0.15, -0.1) is 0 Å². The molecule has 2 fully saturated rings. The Balaban J connectivity index is 1.64. The third-order valence-electron chi connectivity index (χ3n) is 6.14. The molecule has 0 bridgehead atoms. The maximum absolute atomic E-state index is 13.8. The molecule has 0 N–H and O–H groups in total. The molecule has 5 rings (SSSR count). The van der Waals surface area contributed by atoms with E-state index in [9.17, 15) is 9.59 Å². The van der Waals surface area contributed by atoms with Crippen molar-refractivity contribution in [3.63, 3.8) is 0 Å². The van der Waals surface area contributed by atoms with Crippen molar-refractivity contribution in [1.82, 2.24) is 0 Å². The summed E-state index contributed by atoms with van der Waals surface area (Å²) >= 11 is 0. The molecule has 7 nitrogen and oxygen atoms in total. The van der Waals surface area contributed by atoms with Crippen molar-refractivity contribution in [2.24, 2.45) is 5.92 Å². The van der Waals surface area contributed by atoms with Crippen molar-refractivity contribution < 1.29 is 23.9 Å². The highest BCUT2D eigenvalue weighted by atomic mass is 16.7. The first-order valence-electron chi connectivity index (χ1n) is 10.7. The first-order chi connectivity index (χ1) is 16.0. The molecule has 0 spiro atoms. The van der Waals surface area contributed by atoms with E-state index < -0.39 is 18.1 Å². The largest absolute Gasteiger partial charge is 0.497 e. The van der Waals surface area contributed by atoms with Crippen LogP contribution in [-0.4, -0.2) is 32.1 Å². The number of benzene rings is 3. The SMILES string of the molecule is COc1ccc(OC)c([C@@H]2[C@@H]3C(=O)N(c4cccc(C)c4)C(=O)[C@H]3ON2c2ccccc2)c1. The molecule has 2 heterocycles. The fraction of sp³-hybridized carbons (Fsp3) is 0.231. The summed E-state index contributed by atoms with van der Waals surface area (Å²) in [4.78, 5) is 34.6. The lowest BCUT2D eigenvalue weighted by molar-refractivity contribution is -0.126. The van der Waals surface area contributed by atoms with Crippen LogP contribution < -0.4 is 19.4 Å². The number of amides is 2. The molecule has 33 heavy (non-hydrogen) atoms. The highest BCUT2D eigenvalue weighted by Gasteiger charge is 2.60. The molecular formula is C26H24N2O5. The third-order valence-corrected chi connectivity index (χ3v) is 6.14. The maximum Gasteiger partial charge on any atom is 0.266 e. The molecule has 0 aliphatic carbocycles. The van der Waals surface area contributed by atoms with Crippen molar-refractivity contribution in [3.05, 3.63) is 83.9 Å². The summed E-state index contributed by atoms with van der Waals surface area (Å²) < 4.78 is 11.1. The predicted octanol–water partition coefficient (Wildman–Crippen LogP) is 4.06. The van der Waals surface area contributed by atoms with Gasteiger partial charge in [0.1, 0.15) is 23.5 Å². The van der Waals surface area contributed by atoms with Gasteiger partial charge in [-0.05, 0) is 55.0 Å². The molecule has 168 valence electrons. The Labute approximate surface area is 192 Å². The van der Waals surface area contributed by atoms with Crippen LogP contribution >= 0.6 is 0 Å². The minimum absolute atomic E-state index is 0.302. The van der Waals surface area contributed by atoms with Crippen LogP contribution in [0.15, 0.2) is 72.8 Å². The molecule has 3 aromatic rings. The quantitative estimate of drug-likeness (QED) is 0.553. The average Bonchev–Trinajstić information content (AvgIpc) is 3.35. The Bertz CT molecular complexity index is 1210. The Morgan fingerprint density at radius 1 is 0.818 bits per heavy atom. The van der Waals surface area contributed by atoms with Gasteiger partial charge in [0, 0.05) is 5.56 Å². The number of aryl methyl sites for hydroxylation is 1. The fourth-order valence-corrected chi connectivity index (χ4v) is 4.62. The van der Waals surface area contributed by atoms with Crippen LogP contribution in [0.1, 0.15) is 17.2 Å². The zero-order valence-electron chi connectivity index (χ0n) is 18.6. The topological polar surface area (TPSA) is 68.3 Å². The second-order valence-corrected chi connectivity index (χ2v) is 8.12. The van der Waals surface area contributed by atoms with Gasteiger partial charge in [-0.3, -0.25) is 14.4 Å². The van der Waals surface area contributed by atoms with Gasteiger partial charge in [-0.25, -0.2) is 9.96 Å². The molecule has 0 radical (unpaired) electrons. The molecule has 3 atom stereocenters. The summed E-state index contributed by atoms with van der Waals surface area (Å²) in [5.74, 6) is -0.223. The number of methoxy groups -OCH3 is 2. The number of carbonyl (C=O) groups is 2. The van der Waals surface area contributed by atoms with Crippen molar-refractivity contribution in [2.45, 2.75) is 19.1 Å². The summed E-state index contributed by atoms with van der Waals surface area (Å²) in [5, 5.41) is 1.65. The molecule has 0 unspecified atom stereocenters. The first-order valence-corrected chi connectivity index (χ1v) is 10.7. The Kier molecular flexibility index (Phi) is 5.26. The molecule has 0 aromatic heterocycles. The van der Waals surface area contributed by atoms with Gasteiger partial charge >= 0.3 is 0 Å². The van der Waals surface area contributed by atoms with Crippen LogP contribution in [0.25, 0.3) is 0 Å². The number of anilines is 2. The Morgan fingerprint density at radius 3 is 2.27 bits per heavy atom. The summed E-state index contributed by atoms with van der Waals surface area (Å²) in [7, 11) is 3.16. The van der Waals surface area contributed by atoms with E-state index in [0.29, 0.717) is 22.7 Å². The van der Waals surface area contributed by atoms with E-state index in [1.54, 1.807) is 37.5 Å². The second-order valence-electron chi connectivity index (χ2n) is 8.12. The summed E-state index contributed by atoms with van der Waals surface area (Å²) in [6.07, 6.45) is -0.945. The normalized spacial score (nSPS) is 22.0. The zero-order chi connectivity index (χ0) is 23.1. The number of hydroxylamine groups is 1. The summed E-state index contributed by atoms with van der Waals surface area (Å²) in [5.41, 5.74) is 2.96. The highest BCUT2D eigenvalue weighted by molar-refractivity contribution is 6.24. The molecule has 7 heteroatoms. The molecule has 2 aliphatic rings. The van der Waals surface area contributed by atoms with Gasteiger partial charge in [-0.1, -0.05) is 30.3 Å². The average molecular weight is 444 g/mol. The van der Waals surface area contributed by atoms with Crippen molar-refractivity contribution in [3.8, 4) is 11.5 Å². The lowest BCUT2D eigenvalue weighted by Gasteiger charge is -2.29. The van der Waals surface area contributed by atoms with Crippen molar-refractivity contribution in [1.29, 1.82) is 0 Å². The highest BCUT2D eigenvalue weighted by Crippen LogP contribution is 2.50. The molecule has 2 aliphatic heterocycles. The van der Waals surface area contributed by atoms with Crippen LogP contribution in [0, 0.1) is 12.8 Å². The van der Waals surface area contributed by atoms with E-state index in [-0.39, 0.29) is 11.8 Å². The number of imide groups is 1. The number of para-hydroxylation sites is 1. The van der Waals surface area contributed by atoms with Crippen LogP contribution in [0.2, 0.25) is 0 Å². The number of carbonyl (C=O) groups excluding carboxylic acids is 2. The summed E-state index contributed by atoms with van der Waals surface area (Å²) in [6.45, 7) is 1.92. The van der Waals surface area contributed by atoms with Crippen LogP contribution in [-0.2, 0) is 14.4 Å². The van der Waals surface area contributed by atoms with Gasteiger partial charge < -0.3 is 9.47 Å². The van der Waals surface area contributed by atoms with Crippen LogP contribution in [0.3, 0.4) is 0 Å². The first kappa shape index (κ1) is 21.0. The number of hydrogen-bond donors (Lipinski definition) is 0. The van der Waals surface area contributed by atoms with Crippen molar-refractivity contribution >= 4 is 23.2 Å². The minimum Gasteiger partial charge on any atom is -0.497 e. The van der Waals surface area contributed by atoms with Gasteiger partial charge in [0.15, 0.2) is 6.10 Å². The smallest absolute Gasteiger partial charge is 0.266 e. The Morgan fingerprint density at radius 2 is 1.58 bits per heavy atom. The lowest BCUT2D eigenvalue weighted by Crippen LogP contribution is -2.37. The van der Waals surface area contributed by atoms with Gasteiger partial charge in [0.05, 0.1) is 25.6 Å². The number of ether oxygens (including phenoxy) is 2. The number of fused-ring (bicyclic) bond motifs is 1. The fourth-order valence-electron chi connectivity index (χ4n) is 4.62.